The standard InChI is InChI=1S/C15H22N2O/c1-11-15(2)7-8-16(3)17(11)10-12-5-6-13(18-4)9-14(12)15/h5-6,9,11H,7-8,10H2,1-4H3/t11-,15-/m0/s1. The van der Waals surface area contributed by atoms with Gasteiger partial charge in [-0.25, -0.2) is 10.0 Å². The fourth-order valence-corrected chi connectivity index (χ4v) is 3.50. The summed E-state index contributed by atoms with van der Waals surface area (Å²) in [6.07, 6.45) is 1.21. The highest BCUT2D eigenvalue weighted by atomic mass is 16.5. The fraction of sp³-hybridized carbons (Fsp3) is 0.600. The van der Waals surface area contributed by atoms with Crippen LogP contribution in [0, 0.1) is 0 Å². The van der Waals surface area contributed by atoms with Crippen molar-refractivity contribution in [2.75, 3.05) is 20.7 Å². The average molecular weight is 246 g/mol. The molecule has 0 aromatic heterocycles. The maximum Gasteiger partial charge on any atom is 0.119 e. The van der Waals surface area contributed by atoms with Gasteiger partial charge in [-0.3, -0.25) is 0 Å². The number of fused-ring (bicyclic) bond motifs is 4. The minimum absolute atomic E-state index is 0.245. The van der Waals surface area contributed by atoms with E-state index in [1.807, 2.05) is 0 Å². The lowest BCUT2D eigenvalue weighted by Crippen LogP contribution is -2.62. The number of hydrazine groups is 1. The van der Waals surface area contributed by atoms with Crippen LogP contribution >= 0.6 is 0 Å². The molecule has 0 spiro atoms. The molecule has 2 aliphatic rings. The molecule has 1 aromatic carbocycles. The highest BCUT2D eigenvalue weighted by molar-refractivity contribution is 5.43. The molecule has 18 heavy (non-hydrogen) atoms. The van der Waals surface area contributed by atoms with Gasteiger partial charge in [-0.1, -0.05) is 13.0 Å². The monoisotopic (exact) mass is 246 g/mol. The molecular formula is C15H22N2O. The number of hydrogen-bond donors (Lipinski definition) is 0. The maximum atomic E-state index is 5.40. The summed E-state index contributed by atoms with van der Waals surface area (Å²) in [5.74, 6) is 0.981. The Balaban J connectivity index is 2.13. The zero-order chi connectivity index (χ0) is 12.9. The fourth-order valence-electron chi connectivity index (χ4n) is 3.50. The van der Waals surface area contributed by atoms with Gasteiger partial charge in [0.05, 0.1) is 7.11 Å². The molecule has 2 heterocycles. The first-order valence-electron chi connectivity index (χ1n) is 6.71. The van der Waals surface area contributed by atoms with Crippen molar-refractivity contribution in [3.05, 3.63) is 29.3 Å². The van der Waals surface area contributed by atoms with E-state index >= 15 is 0 Å². The van der Waals surface area contributed by atoms with Crippen molar-refractivity contribution in [2.45, 2.75) is 38.3 Å². The van der Waals surface area contributed by atoms with Crippen molar-refractivity contribution < 1.29 is 4.74 Å². The zero-order valence-electron chi connectivity index (χ0n) is 11.7. The van der Waals surface area contributed by atoms with Gasteiger partial charge in [-0.05, 0) is 36.6 Å². The van der Waals surface area contributed by atoms with E-state index in [0.717, 1.165) is 18.8 Å². The number of methoxy groups -OCH3 is 1. The molecule has 0 N–H and O–H groups in total. The Kier molecular flexibility index (Phi) is 2.65. The third-order valence-corrected chi connectivity index (χ3v) is 5.03. The van der Waals surface area contributed by atoms with Gasteiger partial charge in [0.2, 0.25) is 0 Å². The Hall–Kier alpha value is -1.06. The van der Waals surface area contributed by atoms with Gasteiger partial charge in [0.25, 0.3) is 0 Å². The van der Waals surface area contributed by atoms with Crippen LogP contribution in [-0.2, 0) is 12.0 Å². The number of hydrogen-bond acceptors (Lipinski definition) is 3. The van der Waals surface area contributed by atoms with Crippen LogP contribution in [0.25, 0.3) is 0 Å². The van der Waals surface area contributed by atoms with Crippen LogP contribution in [0.2, 0.25) is 0 Å². The highest BCUT2D eigenvalue weighted by Gasteiger charge is 2.46. The molecule has 3 nitrogen and oxygen atoms in total. The van der Waals surface area contributed by atoms with E-state index in [0.29, 0.717) is 6.04 Å². The van der Waals surface area contributed by atoms with Gasteiger partial charge in [0.1, 0.15) is 5.75 Å². The molecule has 0 amide bonds. The van der Waals surface area contributed by atoms with E-state index in [-0.39, 0.29) is 5.41 Å². The maximum absolute atomic E-state index is 5.40. The molecule has 1 unspecified atom stereocenters. The van der Waals surface area contributed by atoms with Crippen LogP contribution in [0.1, 0.15) is 31.4 Å². The van der Waals surface area contributed by atoms with Gasteiger partial charge in [-0.2, -0.15) is 0 Å². The lowest BCUT2D eigenvalue weighted by atomic mass is 9.68. The van der Waals surface area contributed by atoms with E-state index in [1.54, 1.807) is 7.11 Å². The number of benzene rings is 1. The average Bonchev–Trinajstić information content (AvgIpc) is 2.38. The first-order chi connectivity index (χ1) is 8.56. The van der Waals surface area contributed by atoms with Crippen LogP contribution in [0.3, 0.4) is 0 Å². The predicted octanol–water partition coefficient (Wildman–Crippen LogP) is 2.41. The van der Waals surface area contributed by atoms with E-state index in [9.17, 15) is 0 Å². The lowest BCUT2D eigenvalue weighted by Gasteiger charge is -2.55. The molecule has 3 heteroatoms. The summed E-state index contributed by atoms with van der Waals surface area (Å²) in [5.41, 5.74) is 3.18. The van der Waals surface area contributed by atoms with Crippen molar-refractivity contribution in [1.29, 1.82) is 0 Å². The molecule has 2 bridgehead atoms. The minimum atomic E-state index is 0.245. The van der Waals surface area contributed by atoms with Crippen molar-refractivity contribution in [1.82, 2.24) is 10.0 Å². The second-order valence-electron chi connectivity index (χ2n) is 5.85. The smallest absolute Gasteiger partial charge is 0.119 e. The van der Waals surface area contributed by atoms with Crippen molar-refractivity contribution in [3.8, 4) is 5.75 Å². The molecule has 0 saturated carbocycles. The molecule has 0 radical (unpaired) electrons. The topological polar surface area (TPSA) is 15.7 Å². The van der Waals surface area contributed by atoms with Gasteiger partial charge in [0, 0.05) is 31.6 Å². The Morgan fingerprint density at radius 2 is 2.17 bits per heavy atom. The molecule has 98 valence electrons. The zero-order valence-corrected chi connectivity index (χ0v) is 11.7. The van der Waals surface area contributed by atoms with E-state index in [2.05, 4.69) is 49.1 Å². The quantitative estimate of drug-likeness (QED) is 0.757. The summed E-state index contributed by atoms with van der Waals surface area (Å²) in [7, 11) is 3.95. The van der Waals surface area contributed by atoms with Crippen LogP contribution in [0.15, 0.2) is 18.2 Å². The second kappa shape index (κ2) is 3.97. The Bertz CT molecular complexity index is 474. The van der Waals surface area contributed by atoms with Gasteiger partial charge >= 0.3 is 0 Å². The van der Waals surface area contributed by atoms with E-state index in [1.165, 1.54) is 17.5 Å². The molecule has 3 atom stereocenters. The van der Waals surface area contributed by atoms with Crippen LogP contribution in [0.5, 0.6) is 5.75 Å². The summed E-state index contributed by atoms with van der Waals surface area (Å²) < 4.78 is 5.40. The molecular weight excluding hydrogens is 224 g/mol. The summed E-state index contributed by atoms with van der Waals surface area (Å²) in [6, 6.07) is 7.10. The van der Waals surface area contributed by atoms with Gasteiger partial charge in [-0.15, -0.1) is 0 Å². The number of rotatable bonds is 1. The molecule has 1 saturated heterocycles. The minimum Gasteiger partial charge on any atom is -0.497 e. The SMILES string of the molecule is COc1ccc2c(c1)[C@@]1(C)CCN(C)N(C2)[C@H]1C. The molecule has 1 fully saturated rings. The van der Waals surface area contributed by atoms with Gasteiger partial charge in [0.15, 0.2) is 0 Å². The molecule has 2 aliphatic heterocycles. The predicted molar refractivity (Wildman–Crippen MR) is 72.6 cm³/mol. The summed E-state index contributed by atoms with van der Waals surface area (Å²) in [6.45, 7) is 6.90. The Morgan fingerprint density at radius 3 is 2.89 bits per heavy atom. The van der Waals surface area contributed by atoms with Crippen LogP contribution in [0.4, 0.5) is 0 Å². The Morgan fingerprint density at radius 1 is 1.39 bits per heavy atom. The van der Waals surface area contributed by atoms with Crippen molar-refractivity contribution in [3.63, 3.8) is 0 Å². The largest absolute Gasteiger partial charge is 0.497 e. The first-order valence-corrected chi connectivity index (χ1v) is 6.71. The normalized spacial score (nSPS) is 35.1. The second-order valence-corrected chi connectivity index (χ2v) is 5.85. The molecule has 3 rings (SSSR count). The third kappa shape index (κ3) is 1.50. The summed E-state index contributed by atoms with van der Waals surface area (Å²) in [4.78, 5) is 0. The summed E-state index contributed by atoms with van der Waals surface area (Å²) in [5, 5.41) is 4.87. The van der Waals surface area contributed by atoms with E-state index < -0.39 is 0 Å². The highest BCUT2D eigenvalue weighted by Crippen LogP contribution is 2.45. The number of ether oxygens (including phenoxy) is 1. The first kappa shape index (κ1) is 12.0. The van der Waals surface area contributed by atoms with Crippen LogP contribution in [-0.4, -0.2) is 36.8 Å². The van der Waals surface area contributed by atoms with Crippen LogP contribution < -0.4 is 4.74 Å². The number of nitrogens with zero attached hydrogens (tertiary/aromatic N) is 2. The summed E-state index contributed by atoms with van der Waals surface area (Å²) >= 11 is 0. The molecule has 0 aliphatic carbocycles. The van der Waals surface area contributed by atoms with Gasteiger partial charge < -0.3 is 4.74 Å². The lowest BCUT2D eigenvalue weighted by molar-refractivity contribution is -0.115. The molecule has 1 aromatic rings. The Labute approximate surface area is 109 Å². The van der Waals surface area contributed by atoms with E-state index in [4.69, 9.17) is 4.74 Å². The van der Waals surface area contributed by atoms with Crippen molar-refractivity contribution in [2.24, 2.45) is 0 Å². The third-order valence-electron chi connectivity index (χ3n) is 5.03. The van der Waals surface area contributed by atoms with Crippen molar-refractivity contribution >= 4 is 0 Å².